The standard InChI is InChI=1S/C13H24N2O2S.ClH/c1-18-13(4-6-17-7-5-13)9-15-12(16)10-2-3-11(14)8-10;/h10-11H,2-9,14H2,1H3,(H,15,16);1H. The summed E-state index contributed by atoms with van der Waals surface area (Å²) in [5, 5.41) is 3.14. The van der Waals surface area contributed by atoms with Crippen molar-refractivity contribution in [3.63, 3.8) is 0 Å². The van der Waals surface area contributed by atoms with Crippen LogP contribution in [0.5, 0.6) is 0 Å². The van der Waals surface area contributed by atoms with Crippen LogP contribution < -0.4 is 11.1 Å². The smallest absolute Gasteiger partial charge is 0.223 e. The summed E-state index contributed by atoms with van der Waals surface area (Å²) in [6, 6.07) is 0.221. The summed E-state index contributed by atoms with van der Waals surface area (Å²) in [6.07, 6.45) is 6.96. The molecule has 1 saturated carbocycles. The van der Waals surface area contributed by atoms with Crippen LogP contribution in [0.25, 0.3) is 0 Å². The van der Waals surface area contributed by atoms with E-state index in [1.807, 2.05) is 11.8 Å². The van der Waals surface area contributed by atoms with Gasteiger partial charge in [-0.15, -0.1) is 12.4 Å². The van der Waals surface area contributed by atoms with E-state index in [0.717, 1.165) is 51.9 Å². The molecule has 0 bridgehead atoms. The average molecular weight is 309 g/mol. The molecule has 1 aliphatic heterocycles. The minimum absolute atomic E-state index is 0. The van der Waals surface area contributed by atoms with Crippen LogP contribution in [0, 0.1) is 5.92 Å². The van der Waals surface area contributed by atoms with E-state index in [2.05, 4.69) is 11.6 Å². The zero-order valence-electron chi connectivity index (χ0n) is 11.5. The quantitative estimate of drug-likeness (QED) is 0.827. The number of nitrogens with one attached hydrogen (secondary N) is 1. The Hall–Kier alpha value is 0.0300. The number of amides is 1. The highest BCUT2D eigenvalue weighted by Crippen LogP contribution is 2.33. The van der Waals surface area contributed by atoms with Crippen molar-refractivity contribution >= 4 is 30.1 Å². The predicted molar refractivity (Wildman–Crippen MR) is 81.9 cm³/mol. The third kappa shape index (κ3) is 4.52. The number of halogens is 1. The molecule has 0 aromatic heterocycles. The van der Waals surface area contributed by atoms with Crippen LogP contribution >= 0.6 is 24.2 Å². The number of carbonyl (C=O) groups excluding carboxylic acids is 1. The number of thioether (sulfide) groups is 1. The van der Waals surface area contributed by atoms with E-state index in [0.29, 0.717) is 0 Å². The van der Waals surface area contributed by atoms with Crippen molar-refractivity contribution in [1.29, 1.82) is 0 Å². The molecule has 3 N–H and O–H groups in total. The maximum absolute atomic E-state index is 12.1. The Morgan fingerprint density at radius 3 is 2.63 bits per heavy atom. The van der Waals surface area contributed by atoms with Crippen molar-refractivity contribution in [3.8, 4) is 0 Å². The lowest BCUT2D eigenvalue weighted by Crippen LogP contribution is -2.45. The first-order valence-electron chi connectivity index (χ1n) is 6.81. The van der Waals surface area contributed by atoms with Gasteiger partial charge < -0.3 is 15.8 Å². The first kappa shape index (κ1) is 17.1. The Bertz CT molecular complexity index is 298. The normalized spacial score (nSPS) is 29.6. The Labute approximate surface area is 126 Å². The van der Waals surface area contributed by atoms with Gasteiger partial charge in [0, 0.05) is 36.5 Å². The van der Waals surface area contributed by atoms with Crippen LogP contribution in [-0.2, 0) is 9.53 Å². The summed E-state index contributed by atoms with van der Waals surface area (Å²) in [6.45, 7) is 2.39. The van der Waals surface area contributed by atoms with Crippen molar-refractivity contribution < 1.29 is 9.53 Å². The zero-order valence-corrected chi connectivity index (χ0v) is 13.2. The van der Waals surface area contributed by atoms with Crippen molar-refractivity contribution in [2.45, 2.75) is 42.9 Å². The second kappa shape index (κ2) is 7.72. The van der Waals surface area contributed by atoms with Crippen LogP contribution in [0.3, 0.4) is 0 Å². The van der Waals surface area contributed by atoms with E-state index >= 15 is 0 Å². The Balaban J connectivity index is 0.00000180. The number of ether oxygens (including phenoxy) is 1. The molecule has 2 fully saturated rings. The van der Waals surface area contributed by atoms with Crippen LogP contribution in [-0.4, -0.2) is 42.7 Å². The number of rotatable bonds is 4. The molecule has 6 heteroatoms. The van der Waals surface area contributed by atoms with Crippen molar-refractivity contribution in [3.05, 3.63) is 0 Å². The number of hydrogen-bond acceptors (Lipinski definition) is 4. The topological polar surface area (TPSA) is 64.4 Å². The number of hydrogen-bond donors (Lipinski definition) is 2. The van der Waals surface area contributed by atoms with E-state index in [4.69, 9.17) is 10.5 Å². The molecule has 1 amide bonds. The van der Waals surface area contributed by atoms with Crippen molar-refractivity contribution in [1.82, 2.24) is 5.32 Å². The van der Waals surface area contributed by atoms with E-state index in [-0.39, 0.29) is 35.0 Å². The lowest BCUT2D eigenvalue weighted by atomic mass is 9.98. The summed E-state index contributed by atoms with van der Waals surface area (Å²) in [4.78, 5) is 12.1. The highest BCUT2D eigenvalue weighted by atomic mass is 35.5. The maximum Gasteiger partial charge on any atom is 0.223 e. The summed E-state index contributed by atoms with van der Waals surface area (Å²) in [7, 11) is 0. The molecule has 112 valence electrons. The maximum atomic E-state index is 12.1. The Kier molecular flexibility index (Phi) is 6.94. The summed E-state index contributed by atoms with van der Waals surface area (Å²) in [5.74, 6) is 0.335. The van der Waals surface area contributed by atoms with Crippen molar-refractivity contribution in [2.24, 2.45) is 11.7 Å². The summed E-state index contributed by atoms with van der Waals surface area (Å²) >= 11 is 1.86. The molecule has 4 nitrogen and oxygen atoms in total. The fraction of sp³-hybridized carbons (Fsp3) is 0.923. The molecule has 19 heavy (non-hydrogen) atoms. The van der Waals surface area contributed by atoms with Gasteiger partial charge in [-0.25, -0.2) is 0 Å². The highest BCUT2D eigenvalue weighted by Gasteiger charge is 2.34. The monoisotopic (exact) mass is 308 g/mol. The van der Waals surface area contributed by atoms with Gasteiger partial charge in [-0.3, -0.25) is 4.79 Å². The molecular formula is C13H25ClN2O2S. The molecule has 2 atom stereocenters. The third-order valence-corrected chi connectivity index (χ3v) is 5.68. The van der Waals surface area contributed by atoms with Gasteiger partial charge in [-0.05, 0) is 38.4 Å². The van der Waals surface area contributed by atoms with Crippen LogP contribution in [0.4, 0.5) is 0 Å². The van der Waals surface area contributed by atoms with Gasteiger partial charge in [0.05, 0.1) is 0 Å². The van der Waals surface area contributed by atoms with Gasteiger partial charge >= 0.3 is 0 Å². The first-order valence-corrected chi connectivity index (χ1v) is 8.04. The molecule has 1 aliphatic carbocycles. The summed E-state index contributed by atoms with van der Waals surface area (Å²) < 4.78 is 5.58. The van der Waals surface area contributed by atoms with Gasteiger partial charge in [0.1, 0.15) is 0 Å². The van der Waals surface area contributed by atoms with Gasteiger partial charge in [0.2, 0.25) is 5.91 Å². The molecule has 0 spiro atoms. The molecular weight excluding hydrogens is 284 g/mol. The molecule has 0 aromatic rings. The van der Waals surface area contributed by atoms with Crippen LogP contribution in [0.1, 0.15) is 32.1 Å². The van der Waals surface area contributed by atoms with Gasteiger partial charge in [0.15, 0.2) is 0 Å². The first-order chi connectivity index (χ1) is 8.65. The van der Waals surface area contributed by atoms with Crippen LogP contribution in [0.2, 0.25) is 0 Å². The SMILES string of the molecule is CSC1(CNC(=O)C2CCC(N)C2)CCOCC1.Cl. The molecule has 1 saturated heterocycles. The van der Waals surface area contributed by atoms with E-state index in [1.165, 1.54) is 0 Å². The molecule has 1 heterocycles. The largest absolute Gasteiger partial charge is 0.381 e. The molecule has 2 aliphatic rings. The lowest BCUT2D eigenvalue weighted by molar-refractivity contribution is -0.125. The van der Waals surface area contributed by atoms with Gasteiger partial charge in [-0.2, -0.15) is 11.8 Å². The van der Waals surface area contributed by atoms with Gasteiger partial charge in [-0.1, -0.05) is 0 Å². The summed E-state index contributed by atoms with van der Waals surface area (Å²) in [5.41, 5.74) is 5.85. The molecule has 2 rings (SSSR count). The predicted octanol–water partition coefficient (Wildman–Crippen LogP) is 1.56. The number of nitrogens with two attached hydrogens (primary N) is 1. The third-order valence-electron chi connectivity index (χ3n) is 4.27. The minimum Gasteiger partial charge on any atom is -0.381 e. The van der Waals surface area contributed by atoms with E-state index in [1.54, 1.807) is 0 Å². The zero-order chi connectivity index (χ0) is 13.0. The second-order valence-corrected chi connectivity index (χ2v) is 6.76. The van der Waals surface area contributed by atoms with Crippen molar-refractivity contribution in [2.75, 3.05) is 26.0 Å². The van der Waals surface area contributed by atoms with Gasteiger partial charge in [0.25, 0.3) is 0 Å². The second-order valence-electron chi connectivity index (χ2n) is 5.49. The fourth-order valence-corrected chi connectivity index (χ4v) is 3.63. The minimum atomic E-state index is 0. The fourth-order valence-electron chi connectivity index (χ4n) is 2.84. The molecule has 0 aromatic carbocycles. The molecule has 0 radical (unpaired) electrons. The van der Waals surface area contributed by atoms with E-state index in [9.17, 15) is 4.79 Å². The lowest BCUT2D eigenvalue weighted by Gasteiger charge is -2.36. The Morgan fingerprint density at radius 2 is 2.11 bits per heavy atom. The van der Waals surface area contributed by atoms with E-state index < -0.39 is 0 Å². The average Bonchev–Trinajstić information content (AvgIpc) is 2.84. The van der Waals surface area contributed by atoms with Crippen LogP contribution in [0.15, 0.2) is 0 Å². The highest BCUT2D eigenvalue weighted by molar-refractivity contribution is 8.00. The Morgan fingerprint density at radius 1 is 1.42 bits per heavy atom. The number of carbonyl (C=O) groups is 1. The molecule has 2 unspecified atom stereocenters.